The normalized spacial score (nSPS) is 14.8. The molecular weight excluding hydrogens is 1710 g/mol. The number of nitrogens with two attached hydrogens (primary N) is 4. The molecule has 1 saturated carbocycles. The molecule has 0 radical (unpaired) electrons. The van der Waals surface area contributed by atoms with E-state index in [0.717, 1.165) is 79.6 Å². The van der Waals surface area contributed by atoms with Crippen LogP contribution in [0.2, 0.25) is 0 Å². The summed E-state index contributed by atoms with van der Waals surface area (Å²) in [4.78, 5) is 109. The van der Waals surface area contributed by atoms with Gasteiger partial charge < -0.3 is 71.9 Å². The number of halogens is 1. The van der Waals surface area contributed by atoms with Crippen molar-refractivity contribution < 1.29 is 70.4 Å². The molecule has 1 aliphatic carbocycles. The molecular formula is C86H100FN15O18S5. The number of carbonyl (C=O) groups is 4. The number of amides is 3. The second kappa shape index (κ2) is 42.3. The van der Waals surface area contributed by atoms with Crippen LogP contribution >= 0.6 is 45.3 Å². The first-order valence-electron chi connectivity index (χ1n) is 40.7. The average Bonchev–Trinajstić information content (AvgIpc) is 1.68. The molecule has 4 aliphatic rings. The molecule has 125 heavy (non-hydrogen) atoms. The number of carboxylic acids is 1. The summed E-state index contributed by atoms with van der Waals surface area (Å²) in [5, 5.41) is 55.1. The Bertz CT molecular complexity index is 5980. The average molecular weight is 1810 g/mol. The van der Waals surface area contributed by atoms with Crippen LogP contribution in [0.25, 0.3) is 65.8 Å². The van der Waals surface area contributed by atoms with Crippen LogP contribution in [0, 0.1) is 23.7 Å². The van der Waals surface area contributed by atoms with Crippen molar-refractivity contribution in [1.29, 1.82) is 0 Å². The SMILES string of the molecule is COc1ccc(-n2nc(C(=O)N3CCC(CCF)CC3)c3csc(N)c3c2=O)cc1.COc1ccc(-n2nc(C(=O)N3CCC(CCO)CC3)c3csc(N)c3c2=O)cc1.COc1ccc(-n2nc(C(=O)N3CCC(CCOS(C)(=O)=O)CC3)c3csc(N)c3c2=O)cc1.COc1ccc(-n2nc(C(=O)O)c3csc(N)c3c2=O)cc1.OCCC1CCCCC1. The first-order valence-corrected chi connectivity index (χ1v) is 46.0. The number of hydrogen-bond acceptors (Lipinski definition) is 29. The standard InChI is InChI=1S/C22H26N4O6S2.C21H23FN4O3S.C21H24N4O4S.C14H11N3O4S.C8H16O/c1-31-16-5-3-15(4-6-16)26-21(27)18-17(13-33-20(18)23)19(24-26)22(28)25-10-7-14(8-11-25)9-12-32-34(2,29)30;1-29-15-4-2-14(3-5-15)26-20(27)17-16(12-30-19(17)23)18(24-26)21(28)25-10-7-13(6-9-22)8-11-25;1-29-15-4-2-14(3-5-15)25-20(27)17-16(12-30-19(17)22)18(23-25)21(28)24-9-6-13(7-10-24)8-11-26;1-21-8-4-2-7(3-5-8)17-13(18)10-9(6-22-12(10)15)11(16-17)14(19)20;9-7-6-8-4-2-1-3-5-8/h3-6,13-14H,7-12,23H2,1-2H3;2-5,12-13H,6-11,23H2,1H3;2-5,12-13,26H,6-11,22H2,1H3;2-6H,15H2,1H3,(H,19,20);8-9H,1-7H2. The molecule has 0 bridgehead atoms. The zero-order valence-electron chi connectivity index (χ0n) is 69.6. The largest absolute Gasteiger partial charge is 0.497 e. The number of aromatic carboxylic acids is 1. The first-order chi connectivity index (χ1) is 60.2. The number of aliphatic hydroxyl groups excluding tert-OH is 2. The highest BCUT2D eigenvalue weighted by atomic mass is 32.2. The van der Waals surface area contributed by atoms with Gasteiger partial charge in [0.1, 0.15) is 23.0 Å². The number of carboxylic acid groups (broad SMARTS) is 1. The number of fused-ring (bicyclic) bond motifs is 4. The van der Waals surface area contributed by atoms with E-state index in [9.17, 15) is 56.3 Å². The second-order valence-electron chi connectivity index (χ2n) is 30.4. The molecule has 4 fully saturated rings. The zero-order valence-corrected chi connectivity index (χ0v) is 73.7. The van der Waals surface area contributed by atoms with Crippen molar-refractivity contribution in [3.63, 3.8) is 0 Å². The number of methoxy groups -OCH3 is 4. The van der Waals surface area contributed by atoms with Gasteiger partial charge in [-0.25, -0.2) is 4.79 Å². The highest BCUT2D eigenvalue weighted by Crippen LogP contribution is 2.36. The molecule has 3 amide bonds. The molecule has 11 heterocycles. The lowest BCUT2D eigenvalue weighted by atomic mass is 9.87. The molecule has 3 saturated heterocycles. The summed E-state index contributed by atoms with van der Waals surface area (Å²) in [6, 6.07) is 27.1. The first kappa shape index (κ1) is 92.5. The summed E-state index contributed by atoms with van der Waals surface area (Å²) in [5.74, 6) is 2.48. The Morgan fingerprint density at radius 1 is 0.408 bits per heavy atom. The van der Waals surface area contributed by atoms with Gasteiger partial charge in [0.05, 0.1) is 112 Å². The molecule has 0 atom stereocenters. The predicted octanol–water partition coefficient (Wildman–Crippen LogP) is 11.5. The van der Waals surface area contributed by atoms with E-state index < -0.39 is 21.6 Å². The smallest absolute Gasteiger partial charge is 0.357 e. The van der Waals surface area contributed by atoms with Gasteiger partial charge >= 0.3 is 5.97 Å². The number of rotatable bonds is 22. The summed E-state index contributed by atoms with van der Waals surface area (Å²) in [7, 11) is 2.75. The van der Waals surface area contributed by atoms with Gasteiger partial charge in [-0.05, 0) is 185 Å². The maximum atomic E-state index is 13.5. The molecule has 12 aromatic rings. The van der Waals surface area contributed by atoms with Crippen molar-refractivity contribution in [2.75, 3.05) is 123 Å². The van der Waals surface area contributed by atoms with E-state index in [1.807, 2.05) is 0 Å². The number of anilines is 4. The van der Waals surface area contributed by atoms with Crippen molar-refractivity contribution in [1.82, 2.24) is 53.8 Å². The Labute approximate surface area is 733 Å². The Morgan fingerprint density at radius 3 is 0.920 bits per heavy atom. The number of nitrogen functional groups attached to an aromatic ring is 4. The molecule has 664 valence electrons. The number of hydrogen-bond donors (Lipinski definition) is 7. The molecule has 16 rings (SSSR count). The minimum atomic E-state index is -3.46. The lowest BCUT2D eigenvalue weighted by Crippen LogP contribution is -2.40. The minimum Gasteiger partial charge on any atom is -0.497 e. The number of ether oxygens (including phenoxy) is 4. The monoisotopic (exact) mass is 1810 g/mol. The van der Waals surface area contributed by atoms with Crippen LogP contribution in [0.3, 0.4) is 0 Å². The topological polar surface area (TPSA) is 463 Å². The zero-order chi connectivity index (χ0) is 89.3. The number of aromatic nitrogens is 8. The summed E-state index contributed by atoms with van der Waals surface area (Å²) < 4.78 is 65.0. The molecule has 39 heteroatoms. The minimum absolute atomic E-state index is 0.140. The molecule has 0 spiro atoms. The van der Waals surface area contributed by atoms with Gasteiger partial charge in [0, 0.05) is 95.5 Å². The number of thiophene rings is 4. The second-order valence-corrected chi connectivity index (χ2v) is 35.7. The third kappa shape index (κ3) is 21.8. The van der Waals surface area contributed by atoms with E-state index in [-0.39, 0.29) is 104 Å². The summed E-state index contributed by atoms with van der Waals surface area (Å²) in [5.41, 5.74) is 24.9. The third-order valence-electron chi connectivity index (χ3n) is 22.6. The highest BCUT2D eigenvalue weighted by molar-refractivity contribution is 7.86. The molecule has 0 unspecified atom stereocenters. The van der Waals surface area contributed by atoms with E-state index in [0.29, 0.717) is 158 Å². The van der Waals surface area contributed by atoms with Crippen LogP contribution in [0.5, 0.6) is 23.0 Å². The molecule has 3 aliphatic heterocycles. The van der Waals surface area contributed by atoms with Gasteiger partial charge in [-0.2, -0.15) is 47.5 Å². The van der Waals surface area contributed by atoms with Crippen molar-refractivity contribution in [3.05, 3.63) is 183 Å². The quantitative estimate of drug-likeness (QED) is 0.0310. The predicted molar refractivity (Wildman–Crippen MR) is 484 cm³/mol. The van der Waals surface area contributed by atoms with Crippen LogP contribution in [0.1, 0.15) is 138 Å². The molecule has 8 aromatic heterocycles. The van der Waals surface area contributed by atoms with Crippen molar-refractivity contribution >= 4 is 142 Å². The van der Waals surface area contributed by atoms with Crippen LogP contribution in [-0.4, -0.2) is 202 Å². The lowest BCUT2D eigenvalue weighted by Gasteiger charge is -2.31. The number of piperidine rings is 3. The van der Waals surface area contributed by atoms with Crippen molar-refractivity contribution in [2.45, 2.75) is 96.3 Å². The van der Waals surface area contributed by atoms with Crippen molar-refractivity contribution in [2.24, 2.45) is 23.7 Å². The van der Waals surface area contributed by atoms with Gasteiger partial charge in [0.2, 0.25) is 0 Å². The summed E-state index contributed by atoms with van der Waals surface area (Å²) in [6.45, 7) is 3.69. The third-order valence-corrected chi connectivity index (χ3v) is 26.5. The summed E-state index contributed by atoms with van der Waals surface area (Å²) >= 11 is 4.77. The number of nitrogens with zero attached hydrogens (tertiary/aromatic N) is 11. The lowest BCUT2D eigenvalue weighted by molar-refractivity contribution is 0.0665. The summed E-state index contributed by atoms with van der Waals surface area (Å²) in [6.07, 6.45) is 15.6. The van der Waals surface area contributed by atoms with Crippen LogP contribution in [0.15, 0.2) is 138 Å². The molecule has 33 nitrogen and oxygen atoms in total. The van der Waals surface area contributed by atoms with Gasteiger partial charge in [0.25, 0.3) is 50.1 Å². The van der Waals surface area contributed by atoms with Gasteiger partial charge in [-0.1, -0.05) is 32.1 Å². The van der Waals surface area contributed by atoms with Crippen LogP contribution in [0.4, 0.5) is 24.4 Å². The van der Waals surface area contributed by atoms with E-state index >= 15 is 0 Å². The maximum absolute atomic E-state index is 13.5. The van der Waals surface area contributed by atoms with E-state index in [2.05, 4.69) is 20.4 Å². The van der Waals surface area contributed by atoms with E-state index in [1.54, 1.807) is 149 Å². The fraction of sp³-hybridized carbons (Fsp3) is 0.395. The number of likely N-dealkylation sites (tertiary alicyclic amines) is 3. The van der Waals surface area contributed by atoms with Crippen molar-refractivity contribution in [3.8, 4) is 45.7 Å². The number of aliphatic hydroxyl groups is 2. The van der Waals surface area contributed by atoms with Gasteiger partial charge in [-0.15, -0.1) is 45.3 Å². The van der Waals surface area contributed by atoms with Crippen LogP contribution < -0.4 is 64.1 Å². The van der Waals surface area contributed by atoms with E-state index in [1.165, 1.54) is 92.6 Å². The van der Waals surface area contributed by atoms with Gasteiger partial charge in [0.15, 0.2) is 22.8 Å². The fourth-order valence-electron chi connectivity index (χ4n) is 15.6. The number of carbonyl (C=O) groups excluding carboxylic acids is 3. The maximum Gasteiger partial charge on any atom is 0.357 e. The fourth-order valence-corrected chi connectivity index (χ4v) is 19.2. The Kier molecular flexibility index (Phi) is 31.3. The molecule has 11 N–H and O–H groups in total. The Morgan fingerprint density at radius 2 is 0.664 bits per heavy atom. The Hall–Kier alpha value is -11.7. The van der Waals surface area contributed by atoms with Gasteiger partial charge in [-0.3, -0.25) is 42.1 Å². The number of alkyl halides is 1. The van der Waals surface area contributed by atoms with Crippen LogP contribution in [-0.2, 0) is 14.3 Å². The molecule has 4 aromatic carbocycles. The Balaban J connectivity index is 0.000000148. The highest BCUT2D eigenvalue weighted by Gasteiger charge is 2.33. The van der Waals surface area contributed by atoms with E-state index in [4.69, 9.17) is 56.3 Å². The number of benzene rings is 4.